The molecule has 0 unspecified atom stereocenters. The summed E-state index contributed by atoms with van der Waals surface area (Å²) in [4.78, 5) is 21.3. The van der Waals surface area contributed by atoms with Crippen LogP contribution in [-0.2, 0) is 9.59 Å². The lowest BCUT2D eigenvalue weighted by molar-refractivity contribution is -0.149. The van der Waals surface area contributed by atoms with Crippen molar-refractivity contribution in [1.82, 2.24) is 0 Å². The van der Waals surface area contributed by atoms with Crippen molar-refractivity contribution >= 4 is 27.7 Å². The summed E-state index contributed by atoms with van der Waals surface area (Å²) < 4.78 is 0. The van der Waals surface area contributed by atoms with Crippen molar-refractivity contribution in [1.29, 1.82) is 0 Å². The monoisotopic (exact) mass is 460 g/mol. The molecule has 0 aromatic carbocycles. The van der Waals surface area contributed by atoms with Crippen molar-refractivity contribution in [2.75, 3.05) is 5.33 Å². The van der Waals surface area contributed by atoms with Gasteiger partial charge in [0.25, 0.3) is 0 Å². The Hall–Kier alpha value is -0.380. The highest BCUT2D eigenvalue weighted by Crippen LogP contribution is 2.15. The fourth-order valence-electron chi connectivity index (χ4n) is 3.67. The Labute approximate surface area is 182 Å². The van der Waals surface area contributed by atoms with Crippen LogP contribution in [0.4, 0.5) is 0 Å². The Bertz CT molecular complexity index is 358. The molecule has 0 aromatic rings. The first-order valence-corrected chi connectivity index (χ1v) is 13.1. The highest BCUT2D eigenvalue weighted by atomic mass is 79.9. The zero-order valence-electron chi connectivity index (χ0n) is 18.2. The van der Waals surface area contributed by atoms with Crippen LogP contribution in [0.5, 0.6) is 0 Å². The van der Waals surface area contributed by atoms with Crippen LogP contribution in [0.3, 0.4) is 0 Å². The number of hydrogen-bond acceptors (Lipinski definition) is 2. The molecule has 4 heteroatoms. The molecular weight excluding hydrogens is 416 g/mol. The summed E-state index contributed by atoms with van der Waals surface area (Å²) in [7, 11) is 0. The van der Waals surface area contributed by atoms with E-state index in [1.807, 2.05) is 0 Å². The highest BCUT2D eigenvalue weighted by Gasteiger charge is 2.09. The van der Waals surface area contributed by atoms with Gasteiger partial charge < -0.3 is 5.11 Å². The van der Waals surface area contributed by atoms with Gasteiger partial charge in [0.2, 0.25) is 5.78 Å². The number of carboxylic acid groups (broad SMARTS) is 1. The van der Waals surface area contributed by atoms with Gasteiger partial charge in [0.15, 0.2) is 0 Å². The molecule has 0 aliphatic heterocycles. The number of carboxylic acids is 1. The molecule has 0 aliphatic carbocycles. The second kappa shape index (κ2) is 22.9. The van der Waals surface area contributed by atoms with Gasteiger partial charge in [0.1, 0.15) is 0 Å². The maximum atomic E-state index is 10.9. The van der Waals surface area contributed by atoms with Crippen molar-refractivity contribution in [2.24, 2.45) is 0 Å². The van der Waals surface area contributed by atoms with E-state index >= 15 is 0 Å². The third-order valence-corrected chi connectivity index (χ3v) is 6.09. The Morgan fingerprint density at radius 1 is 0.464 bits per heavy atom. The van der Waals surface area contributed by atoms with Gasteiger partial charge in [0.05, 0.1) is 0 Å². The number of alkyl halides is 1. The first kappa shape index (κ1) is 27.6. The van der Waals surface area contributed by atoms with Crippen LogP contribution in [-0.4, -0.2) is 22.2 Å². The number of ketones is 1. The van der Waals surface area contributed by atoms with E-state index in [0.717, 1.165) is 24.6 Å². The minimum absolute atomic E-state index is 0.201. The molecule has 1 N–H and O–H groups in total. The van der Waals surface area contributed by atoms with Crippen molar-refractivity contribution < 1.29 is 14.7 Å². The smallest absolute Gasteiger partial charge is 0.372 e. The van der Waals surface area contributed by atoms with E-state index in [1.54, 1.807) is 0 Å². The van der Waals surface area contributed by atoms with E-state index in [-0.39, 0.29) is 6.42 Å². The van der Waals surface area contributed by atoms with Gasteiger partial charge in [-0.1, -0.05) is 132 Å². The third-order valence-electron chi connectivity index (χ3n) is 5.53. The number of hydrogen-bond donors (Lipinski definition) is 1. The van der Waals surface area contributed by atoms with Crippen molar-refractivity contribution in [3.63, 3.8) is 0 Å². The Balaban J connectivity index is 3.05. The molecule has 0 aliphatic rings. The topological polar surface area (TPSA) is 54.4 Å². The van der Waals surface area contributed by atoms with E-state index in [0.29, 0.717) is 0 Å². The van der Waals surface area contributed by atoms with Gasteiger partial charge in [0, 0.05) is 11.8 Å². The quantitative estimate of drug-likeness (QED) is 0.0947. The highest BCUT2D eigenvalue weighted by molar-refractivity contribution is 9.09. The van der Waals surface area contributed by atoms with Crippen LogP contribution in [0.15, 0.2) is 0 Å². The van der Waals surface area contributed by atoms with Crippen LogP contribution in [0.25, 0.3) is 0 Å². The zero-order valence-corrected chi connectivity index (χ0v) is 19.8. The molecule has 3 nitrogen and oxygen atoms in total. The number of rotatable bonds is 23. The molecule has 0 aromatic heterocycles. The van der Waals surface area contributed by atoms with E-state index in [2.05, 4.69) is 15.9 Å². The standard InChI is InChI=1S/C24H45BrO3/c25-22-20-18-16-14-12-10-8-6-4-2-1-3-5-7-9-11-13-15-17-19-21-23(26)24(27)28/h1-22H2,(H,27,28). The lowest BCUT2D eigenvalue weighted by atomic mass is 10.0. The predicted octanol–water partition coefficient (Wildman–Crippen LogP) is 8.23. The number of carbonyl (C=O) groups excluding carboxylic acids is 1. The fraction of sp³-hybridized carbons (Fsp3) is 0.917. The van der Waals surface area contributed by atoms with Gasteiger partial charge in [-0.3, -0.25) is 4.79 Å². The van der Waals surface area contributed by atoms with Crippen molar-refractivity contribution in [2.45, 2.75) is 135 Å². The minimum atomic E-state index is -1.29. The molecule has 28 heavy (non-hydrogen) atoms. The van der Waals surface area contributed by atoms with Gasteiger partial charge in [-0.2, -0.15) is 0 Å². The van der Waals surface area contributed by atoms with Gasteiger partial charge >= 0.3 is 5.97 Å². The van der Waals surface area contributed by atoms with Crippen LogP contribution in [0, 0.1) is 0 Å². The number of aliphatic carboxylic acids is 1. The normalized spacial score (nSPS) is 11.0. The summed E-state index contributed by atoms with van der Waals surface area (Å²) in [5.74, 6) is -1.93. The summed E-state index contributed by atoms with van der Waals surface area (Å²) in [6, 6.07) is 0. The largest absolute Gasteiger partial charge is 0.476 e. The molecule has 0 saturated carbocycles. The van der Waals surface area contributed by atoms with Crippen LogP contribution in [0.2, 0.25) is 0 Å². The zero-order chi connectivity index (χ0) is 20.7. The lowest BCUT2D eigenvalue weighted by Gasteiger charge is -2.04. The Morgan fingerprint density at radius 3 is 0.964 bits per heavy atom. The molecule has 0 heterocycles. The average Bonchev–Trinajstić information content (AvgIpc) is 2.68. The second-order valence-corrected chi connectivity index (χ2v) is 9.03. The Kier molecular flexibility index (Phi) is 22.6. The molecule has 0 fully saturated rings. The molecule has 0 amide bonds. The number of Topliss-reactive ketones (excluding diaryl/α,β-unsaturated/α-hetero) is 1. The summed E-state index contributed by atoms with van der Waals surface area (Å²) in [6.07, 6.45) is 26.5. The molecule has 0 saturated heterocycles. The van der Waals surface area contributed by atoms with E-state index in [9.17, 15) is 9.59 Å². The summed E-state index contributed by atoms with van der Waals surface area (Å²) in [6.45, 7) is 0. The maximum Gasteiger partial charge on any atom is 0.372 e. The van der Waals surface area contributed by atoms with E-state index < -0.39 is 11.8 Å². The molecule has 166 valence electrons. The SMILES string of the molecule is O=C(O)C(=O)CCCCCCCCCCCCCCCCCCCCCCBr. The van der Waals surface area contributed by atoms with E-state index in [1.165, 1.54) is 109 Å². The lowest BCUT2D eigenvalue weighted by Crippen LogP contribution is -2.11. The summed E-state index contributed by atoms with van der Waals surface area (Å²) in [5.41, 5.74) is 0. The fourth-order valence-corrected chi connectivity index (χ4v) is 4.07. The van der Waals surface area contributed by atoms with E-state index in [4.69, 9.17) is 5.11 Å². The molecule has 0 atom stereocenters. The molecule has 0 bridgehead atoms. The summed E-state index contributed by atoms with van der Waals surface area (Å²) >= 11 is 3.49. The predicted molar refractivity (Wildman–Crippen MR) is 123 cm³/mol. The molecule has 0 radical (unpaired) electrons. The van der Waals surface area contributed by atoms with Crippen molar-refractivity contribution in [3.05, 3.63) is 0 Å². The first-order chi connectivity index (χ1) is 13.7. The number of carbonyl (C=O) groups is 2. The average molecular weight is 462 g/mol. The van der Waals surface area contributed by atoms with Gasteiger partial charge in [-0.05, 0) is 12.8 Å². The maximum absolute atomic E-state index is 10.9. The minimum Gasteiger partial charge on any atom is -0.476 e. The molecule has 0 rings (SSSR count). The summed E-state index contributed by atoms with van der Waals surface area (Å²) in [5, 5.41) is 9.66. The van der Waals surface area contributed by atoms with Crippen LogP contribution >= 0.6 is 15.9 Å². The van der Waals surface area contributed by atoms with Crippen molar-refractivity contribution in [3.8, 4) is 0 Å². The van der Waals surface area contributed by atoms with Gasteiger partial charge in [-0.25, -0.2) is 4.79 Å². The number of halogens is 1. The second-order valence-electron chi connectivity index (χ2n) is 8.24. The van der Waals surface area contributed by atoms with Crippen LogP contribution in [0.1, 0.15) is 135 Å². The number of unbranched alkanes of at least 4 members (excludes halogenated alkanes) is 19. The Morgan fingerprint density at radius 2 is 0.714 bits per heavy atom. The molecule has 0 spiro atoms. The van der Waals surface area contributed by atoms with Gasteiger partial charge in [-0.15, -0.1) is 0 Å². The third kappa shape index (κ3) is 21.9. The molecular formula is C24H45BrO3. The first-order valence-electron chi connectivity index (χ1n) is 12.0. The van der Waals surface area contributed by atoms with Crippen LogP contribution < -0.4 is 0 Å².